The van der Waals surface area contributed by atoms with E-state index in [1.54, 1.807) is 6.92 Å². The van der Waals surface area contributed by atoms with Gasteiger partial charge in [0, 0.05) is 0 Å². The van der Waals surface area contributed by atoms with Crippen LogP contribution >= 0.6 is 11.8 Å². The molecule has 6 heteroatoms. The quantitative estimate of drug-likeness (QED) is 0.632. The first-order valence-electron chi connectivity index (χ1n) is 3.62. The first-order chi connectivity index (χ1) is 5.98. The Morgan fingerprint density at radius 3 is 2.77 bits per heavy atom. The summed E-state index contributed by atoms with van der Waals surface area (Å²) in [4.78, 5) is 25.7. The second-order valence-corrected chi connectivity index (χ2v) is 4.36. The maximum atomic E-state index is 11.3. The summed E-state index contributed by atoms with van der Waals surface area (Å²) >= 11 is 1.10. The van der Waals surface area contributed by atoms with Crippen molar-refractivity contribution in [2.24, 2.45) is 10.7 Å². The molecule has 1 rings (SSSR count). The molecule has 0 radical (unpaired) electrons. The highest BCUT2D eigenvalue weighted by Crippen LogP contribution is 2.35. The molecule has 0 aromatic rings. The van der Waals surface area contributed by atoms with Crippen molar-refractivity contribution in [2.45, 2.75) is 18.1 Å². The molecule has 72 valence electrons. The van der Waals surface area contributed by atoms with Crippen LogP contribution in [0.15, 0.2) is 4.99 Å². The fourth-order valence-corrected chi connectivity index (χ4v) is 1.89. The first-order valence-corrected chi connectivity index (χ1v) is 4.44. The van der Waals surface area contributed by atoms with Crippen molar-refractivity contribution in [3.8, 4) is 0 Å². The van der Waals surface area contributed by atoms with E-state index in [1.165, 1.54) is 7.11 Å². The molecule has 0 aromatic carbocycles. The summed E-state index contributed by atoms with van der Waals surface area (Å²) in [6, 6.07) is 0. The van der Waals surface area contributed by atoms with Crippen LogP contribution in [0.4, 0.5) is 0 Å². The minimum atomic E-state index is -0.878. The van der Waals surface area contributed by atoms with E-state index in [0.717, 1.165) is 11.8 Å². The average Bonchev–Trinajstić information content (AvgIpc) is 2.25. The van der Waals surface area contributed by atoms with E-state index >= 15 is 0 Å². The lowest BCUT2D eigenvalue weighted by molar-refractivity contribution is -0.142. The summed E-state index contributed by atoms with van der Waals surface area (Å²) in [5.41, 5.74) is 5.36. The van der Waals surface area contributed by atoms with Gasteiger partial charge in [0.05, 0.1) is 13.5 Å². The van der Waals surface area contributed by atoms with E-state index in [-0.39, 0.29) is 17.5 Å². The molecular weight excluding hydrogens is 192 g/mol. The Hall–Kier alpha value is -1.04. The van der Waals surface area contributed by atoms with Gasteiger partial charge in [-0.25, -0.2) is 0 Å². The highest BCUT2D eigenvalue weighted by atomic mass is 32.2. The smallest absolute Gasteiger partial charge is 0.307 e. The zero-order valence-corrected chi connectivity index (χ0v) is 8.18. The minimum absolute atomic E-state index is 0.00278. The number of aliphatic imine (C=N–C) groups is 1. The van der Waals surface area contributed by atoms with E-state index in [1.807, 2.05) is 0 Å². The molecular formula is C7H10N2O3S. The third kappa shape index (κ3) is 2.00. The number of methoxy groups -OCH3 is 1. The molecule has 0 saturated heterocycles. The molecule has 5 nitrogen and oxygen atoms in total. The Bertz CT molecular complexity index is 289. The number of nitrogens with two attached hydrogens (primary N) is 1. The Balaban J connectivity index is 2.70. The van der Waals surface area contributed by atoms with Gasteiger partial charge in [0.15, 0.2) is 5.17 Å². The third-order valence-corrected chi connectivity index (χ3v) is 2.77. The molecule has 0 bridgehead atoms. The number of ether oxygens (including phenoxy) is 1. The number of hydrogen-bond donors (Lipinski definition) is 1. The molecule has 0 aromatic heterocycles. The van der Waals surface area contributed by atoms with Crippen LogP contribution in [0.3, 0.4) is 0 Å². The van der Waals surface area contributed by atoms with E-state index in [4.69, 9.17) is 5.73 Å². The van der Waals surface area contributed by atoms with Crippen LogP contribution < -0.4 is 5.73 Å². The van der Waals surface area contributed by atoms with Gasteiger partial charge in [-0.3, -0.25) is 9.59 Å². The van der Waals surface area contributed by atoms with Gasteiger partial charge in [0.2, 0.25) is 0 Å². The van der Waals surface area contributed by atoms with Gasteiger partial charge in [-0.05, 0) is 6.92 Å². The van der Waals surface area contributed by atoms with Crippen molar-refractivity contribution in [3.05, 3.63) is 0 Å². The number of amidine groups is 1. The molecule has 1 aliphatic heterocycles. The summed E-state index contributed by atoms with van der Waals surface area (Å²) in [6.07, 6.45) is -0.00278. The maximum Gasteiger partial charge on any atom is 0.307 e. The average molecular weight is 202 g/mol. The summed E-state index contributed by atoms with van der Waals surface area (Å²) in [7, 11) is 1.28. The summed E-state index contributed by atoms with van der Waals surface area (Å²) < 4.78 is 3.59. The molecule has 2 N–H and O–H groups in total. The standard InChI is InChI=1S/C7H10N2O3S/c1-7(3-4(10)12-2)5(11)9-6(8)13-7/h3H2,1-2H3,(H2,8,9,11). The number of rotatable bonds is 2. The summed E-state index contributed by atoms with van der Waals surface area (Å²) in [6.45, 7) is 1.63. The van der Waals surface area contributed by atoms with Crippen LogP contribution in [-0.4, -0.2) is 28.9 Å². The maximum absolute atomic E-state index is 11.3. The molecule has 1 unspecified atom stereocenters. The fraction of sp³-hybridized carbons (Fsp3) is 0.571. The molecule has 0 saturated carbocycles. The Morgan fingerprint density at radius 1 is 1.77 bits per heavy atom. The monoisotopic (exact) mass is 202 g/mol. The second-order valence-electron chi connectivity index (χ2n) is 2.84. The molecule has 0 spiro atoms. The van der Waals surface area contributed by atoms with Crippen molar-refractivity contribution in [3.63, 3.8) is 0 Å². The third-order valence-electron chi connectivity index (χ3n) is 1.70. The summed E-state index contributed by atoms with van der Waals surface area (Å²) in [5.74, 6) is -0.811. The van der Waals surface area contributed by atoms with Gasteiger partial charge in [-0.2, -0.15) is 4.99 Å². The Labute approximate surface area is 79.7 Å². The number of amides is 1. The van der Waals surface area contributed by atoms with E-state index < -0.39 is 10.7 Å². The predicted octanol–water partition coefficient (Wildman–Crippen LogP) is -0.104. The van der Waals surface area contributed by atoms with Crippen LogP contribution in [0.25, 0.3) is 0 Å². The fourth-order valence-electron chi connectivity index (χ4n) is 0.975. The minimum Gasteiger partial charge on any atom is -0.469 e. The van der Waals surface area contributed by atoms with Crippen molar-refractivity contribution in [2.75, 3.05) is 7.11 Å². The lowest BCUT2D eigenvalue weighted by atomic mass is 10.1. The highest BCUT2D eigenvalue weighted by Gasteiger charge is 2.42. The Kier molecular flexibility index (Phi) is 2.60. The van der Waals surface area contributed by atoms with E-state index in [0.29, 0.717) is 0 Å². The molecule has 13 heavy (non-hydrogen) atoms. The zero-order valence-electron chi connectivity index (χ0n) is 7.36. The number of thioether (sulfide) groups is 1. The van der Waals surface area contributed by atoms with Crippen LogP contribution in [0.1, 0.15) is 13.3 Å². The molecule has 0 fully saturated rings. The van der Waals surface area contributed by atoms with Crippen molar-refractivity contribution >= 4 is 28.8 Å². The van der Waals surface area contributed by atoms with E-state index in [2.05, 4.69) is 9.73 Å². The molecule has 0 aliphatic carbocycles. The number of esters is 1. The van der Waals surface area contributed by atoms with Crippen LogP contribution in [0, 0.1) is 0 Å². The molecule has 1 heterocycles. The number of hydrogen-bond acceptors (Lipinski definition) is 5. The van der Waals surface area contributed by atoms with Crippen molar-refractivity contribution in [1.82, 2.24) is 0 Å². The SMILES string of the molecule is COC(=O)CC1(C)SC(N)=NC1=O. The van der Waals surface area contributed by atoms with Gasteiger partial charge in [-0.15, -0.1) is 0 Å². The van der Waals surface area contributed by atoms with E-state index in [9.17, 15) is 9.59 Å². The van der Waals surface area contributed by atoms with Gasteiger partial charge < -0.3 is 10.5 Å². The predicted molar refractivity (Wildman–Crippen MR) is 49.3 cm³/mol. The van der Waals surface area contributed by atoms with Gasteiger partial charge in [0.1, 0.15) is 4.75 Å². The Morgan fingerprint density at radius 2 is 2.38 bits per heavy atom. The zero-order chi connectivity index (χ0) is 10.1. The number of nitrogens with zero attached hydrogens (tertiary/aromatic N) is 1. The highest BCUT2D eigenvalue weighted by molar-refractivity contribution is 8.16. The van der Waals surface area contributed by atoms with Gasteiger partial charge >= 0.3 is 5.97 Å². The lowest BCUT2D eigenvalue weighted by Gasteiger charge is -2.16. The van der Waals surface area contributed by atoms with Crippen molar-refractivity contribution < 1.29 is 14.3 Å². The number of carbonyl (C=O) groups excluding carboxylic acids is 2. The van der Waals surface area contributed by atoms with Crippen LogP contribution in [0.2, 0.25) is 0 Å². The normalized spacial score (nSPS) is 27.2. The van der Waals surface area contributed by atoms with Gasteiger partial charge in [0.25, 0.3) is 5.91 Å². The molecule has 1 aliphatic rings. The largest absolute Gasteiger partial charge is 0.469 e. The molecule has 1 amide bonds. The first kappa shape index (κ1) is 10.0. The molecule has 1 atom stereocenters. The van der Waals surface area contributed by atoms with Crippen LogP contribution in [0.5, 0.6) is 0 Å². The topological polar surface area (TPSA) is 81.8 Å². The lowest BCUT2D eigenvalue weighted by Crippen LogP contribution is -2.31. The second kappa shape index (κ2) is 3.37. The summed E-state index contributed by atoms with van der Waals surface area (Å²) in [5, 5.41) is 0.205. The van der Waals surface area contributed by atoms with Crippen molar-refractivity contribution in [1.29, 1.82) is 0 Å². The van der Waals surface area contributed by atoms with Crippen LogP contribution in [-0.2, 0) is 14.3 Å². The van der Waals surface area contributed by atoms with Gasteiger partial charge in [-0.1, -0.05) is 11.8 Å². The number of carbonyl (C=O) groups is 2.